The summed E-state index contributed by atoms with van der Waals surface area (Å²) in [5, 5.41) is 0. The fraction of sp³-hybridized carbons (Fsp3) is 0.500. The van der Waals surface area contributed by atoms with Gasteiger partial charge in [0.2, 0.25) is 11.8 Å². The maximum atomic E-state index is 13.1. The number of carbonyl (C=O) groups excluding carboxylic acids is 2. The predicted octanol–water partition coefficient (Wildman–Crippen LogP) is 3.79. The Hall–Kier alpha value is -2.96. The molecule has 0 bridgehead atoms. The number of amides is 2. The molecule has 0 spiro atoms. The Morgan fingerprint density at radius 3 is 2.52 bits per heavy atom. The molecule has 0 saturated heterocycles. The number of nitrogens with zero attached hydrogens (tertiary/aromatic N) is 2. The molecule has 2 amide bonds. The lowest BCUT2D eigenvalue weighted by molar-refractivity contribution is -0.141. The van der Waals surface area contributed by atoms with Crippen LogP contribution in [0.5, 0.6) is 11.5 Å². The minimum absolute atomic E-state index is 0.0120. The first-order valence-electron chi connectivity index (χ1n) is 10.9. The number of benzene rings is 1. The van der Waals surface area contributed by atoms with Crippen LogP contribution in [0.25, 0.3) is 0 Å². The third-order valence-electron chi connectivity index (χ3n) is 5.67. The average molecular weight is 429 g/mol. The van der Waals surface area contributed by atoms with E-state index in [1.165, 1.54) is 0 Å². The Labute approximate surface area is 183 Å². The van der Waals surface area contributed by atoms with Crippen LogP contribution in [0.1, 0.15) is 49.5 Å². The summed E-state index contributed by atoms with van der Waals surface area (Å²) in [5.41, 5.74) is 2.20. The van der Waals surface area contributed by atoms with E-state index in [1.54, 1.807) is 31.4 Å². The van der Waals surface area contributed by atoms with Crippen molar-refractivity contribution in [2.24, 2.45) is 0 Å². The number of furan rings is 1. The quantitative estimate of drug-likeness (QED) is 0.539. The fourth-order valence-electron chi connectivity index (χ4n) is 3.87. The molecule has 1 aromatic carbocycles. The second-order valence-electron chi connectivity index (χ2n) is 7.83. The maximum absolute atomic E-state index is 13.1. The Bertz CT molecular complexity index is 878. The topological polar surface area (TPSA) is 72.2 Å². The Morgan fingerprint density at radius 1 is 1.13 bits per heavy atom. The van der Waals surface area contributed by atoms with Crippen molar-refractivity contribution in [3.63, 3.8) is 0 Å². The summed E-state index contributed by atoms with van der Waals surface area (Å²) in [4.78, 5) is 29.3. The lowest BCUT2D eigenvalue weighted by Gasteiger charge is -2.31. The molecule has 2 aromatic rings. The van der Waals surface area contributed by atoms with E-state index < -0.39 is 0 Å². The van der Waals surface area contributed by atoms with Gasteiger partial charge in [0.15, 0.2) is 11.5 Å². The summed E-state index contributed by atoms with van der Waals surface area (Å²) in [5.74, 6) is 1.96. The van der Waals surface area contributed by atoms with E-state index in [9.17, 15) is 9.59 Å². The van der Waals surface area contributed by atoms with Crippen molar-refractivity contribution in [2.75, 3.05) is 27.3 Å². The van der Waals surface area contributed by atoms with Gasteiger partial charge in [-0.15, -0.1) is 0 Å². The molecule has 0 atom stereocenters. The monoisotopic (exact) mass is 428 g/mol. The second kappa shape index (κ2) is 10.9. The van der Waals surface area contributed by atoms with Crippen LogP contribution in [-0.4, -0.2) is 48.9 Å². The minimum Gasteiger partial charge on any atom is -0.493 e. The van der Waals surface area contributed by atoms with Crippen LogP contribution in [0, 0.1) is 0 Å². The van der Waals surface area contributed by atoms with Crippen molar-refractivity contribution >= 4 is 11.8 Å². The zero-order valence-electron chi connectivity index (χ0n) is 18.7. The number of unbranched alkanes of at least 4 members (excludes halogenated alkanes) is 2. The highest BCUT2D eigenvalue weighted by molar-refractivity contribution is 5.85. The zero-order valence-corrected chi connectivity index (χ0v) is 18.7. The smallest absolute Gasteiger partial charge is 0.242 e. The third-order valence-corrected chi connectivity index (χ3v) is 5.67. The van der Waals surface area contributed by atoms with Gasteiger partial charge >= 0.3 is 0 Å². The fourth-order valence-corrected chi connectivity index (χ4v) is 3.87. The summed E-state index contributed by atoms with van der Waals surface area (Å²) in [6.45, 7) is 3.56. The number of carbonyl (C=O) groups is 2. The summed E-state index contributed by atoms with van der Waals surface area (Å²) in [6.07, 6.45) is 5.65. The van der Waals surface area contributed by atoms with E-state index >= 15 is 0 Å². The minimum atomic E-state index is -0.0594. The normalized spacial score (nSPS) is 12.9. The lowest BCUT2D eigenvalue weighted by Crippen LogP contribution is -2.44. The Balaban J connectivity index is 1.69. The van der Waals surface area contributed by atoms with Gasteiger partial charge in [-0.3, -0.25) is 9.59 Å². The summed E-state index contributed by atoms with van der Waals surface area (Å²) >= 11 is 0. The van der Waals surface area contributed by atoms with Gasteiger partial charge in [-0.2, -0.15) is 0 Å². The lowest BCUT2D eigenvalue weighted by atomic mass is 9.98. The number of ether oxygens (including phenoxy) is 2. The first-order valence-corrected chi connectivity index (χ1v) is 10.9. The van der Waals surface area contributed by atoms with Crippen molar-refractivity contribution in [3.05, 3.63) is 47.4 Å². The molecule has 0 radical (unpaired) electrons. The highest BCUT2D eigenvalue weighted by Crippen LogP contribution is 2.33. The molecule has 0 unspecified atom stereocenters. The van der Waals surface area contributed by atoms with E-state index in [0.717, 1.165) is 36.8 Å². The molecule has 168 valence electrons. The largest absolute Gasteiger partial charge is 0.493 e. The number of hydrogen-bond acceptors (Lipinski definition) is 5. The van der Waals surface area contributed by atoms with Crippen molar-refractivity contribution < 1.29 is 23.5 Å². The van der Waals surface area contributed by atoms with E-state index in [-0.39, 0.29) is 18.4 Å². The molecule has 3 rings (SSSR count). The van der Waals surface area contributed by atoms with Crippen LogP contribution in [0.15, 0.2) is 34.9 Å². The molecule has 1 aliphatic rings. The highest BCUT2D eigenvalue weighted by atomic mass is 16.5. The van der Waals surface area contributed by atoms with Crippen LogP contribution in [0.2, 0.25) is 0 Å². The van der Waals surface area contributed by atoms with Crippen molar-refractivity contribution in [3.8, 4) is 11.5 Å². The maximum Gasteiger partial charge on any atom is 0.242 e. The van der Waals surface area contributed by atoms with Gasteiger partial charge < -0.3 is 23.7 Å². The molecule has 31 heavy (non-hydrogen) atoms. The van der Waals surface area contributed by atoms with Crippen LogP contribution in [-0.2, 0) is 29.1 Å². The predicted molar refractivity (Wildman–Crippen MR) is 117 cm³/mol. The number of hydrogen-bond donors (Lipinski definition) is 0. The Morgan fingerprint density at radius 2 is 1.87 bits per heavy atom. The van der Waals surface area contributed by atoms with Gasteiger partial charge in [-0.1, -0.05) is 19.8 Å². The zero-order chi connectivity index (χ0) is 22.2. The average Bonchev–Trinajstić information content (AvgIpc) is 3.30. The van der Waals surface area contributed by atoms with Gasteiger partial charge in [0.05, 0.1) is 27.0 Å². The molecule has 7 heteroatoms. The van der Waals surface area contributed by atoms with Crippen LogP contribution in [0.4, 0.5) is 0 Å². The molecule has 7 nitrogen and oxygen atoms in total. The Kier molecular flexibility index (Phi) is 7.98. The number of rotatable bonds is 10. The molecular weight excluding hydrogens is 396 g/mol. The van der Waals surface area contributed by atoms with Crippen LogP contribution in [0.3, 0.4) is 0 Å². The van der Waals surface area contributed by atoms with E-state index in [0.29, 0.717) is 43.3 Å². The first-order chi connectivity index (χ1) is 15.0. The molecule has 2 heterocycles. The van der Waals surface area contributed by atoms with Gasteiger partial charge in [0.1, 0.15) is 12.3 Å². The number of methoxy groups -OCH3 is 2. The molecule has 1 aliphatic heterocycles. The number of fused-ring (bicyclic) bond motifs is 1. The standard InChI is InChI=1S/C24H32N2O5/c1-4-5-6-9-23(27)26(16-20-8-7-12-31-20)17-24(28)25-11-10-18-13-21(29-2)22(30-3)14-19(18)15-25/h7-8,12-14H,4-6,9-11,15-17H2,1-3H3. The van der Waals surface area contributed by atoms with Crippen LogP contribution < -0.4 is 9.47 Å². The van der Waals surface area contributed by atoms with Crippen molar-refractivity contribution in [1.29, 1.82) is 0 Å². The highest BCUT2D eigenvalue weighted by Gasteiger charge is 2.26. The summed E-state index contributed by atoms with van der Waals surface area (Å²) in [6, 6.07) is 7.54. The van der Waals surface area contributed by atoms with E-state index in [1.807, 2.05) is 23.1 Å². The summed E-state index contributed by atoms with van der Waals surface area (Å²) < 4.78 is 16.2. The molecule has 0 aliphatic carbocycles. The molecule has 1 aromatic heterocycles. The first kappa shape index (κ1) is 22.7. The van der Waals surface area contributed by atoms with Gasteiger partial charge in [-0.05, 0) is 48.2 Å². The van der Waals surface area contributed by atoms with Crippen molar-refractivity contribution in [2.45, 2.75) is 52.1 Å². The third kappa shape index (κ3) is 5.81. The van der Waals surface area contributed by atoms with Gasteiger partial charge in [0.25, 0.3) is 0 Å². The summed E-state index contributed by atoms with van der Waals surface area (Å²) in [7, 11) is 3.22. The molecule has 0 N–H and O–H groups in total. The van der Waals surface area contributed by atoms with E-state index in [2.05, 4.69) is 6.92 Å². The van der Waals surface area contributed by atoms with E-state index in [4.69, 9.17) is 13.9 Å². The molecular formula is C24H32N2O5. The second-order valence-corrected chi connectivity index (χ2v) is 7.83. The van der Waals surface area contributed by atoms with Gasteiger partial charge in [-0.25, -0.2) is 0 Å². The van der Waals surface area contributed by atoms with Crippen molar-refractivity contribution in [1.82, 2.24) is 9.80 Å². The van der Waals surface area contributed by atoms with Crippen LogP contribution >= 0.6 is 0 Å². The molecule has 0 fully saturated rings. The van der Waals surface area contributed by atoms with Gasteiger partial charge in [0, 0.05) is 19.5 Å². The molecule has 0 saturated carbocycles. The SMILES string of the molecule is CCCCCC(=O)N(CC(=O)N1CCc2cc(OC)c(OC)cc2C1)Cc1ccco1.